The van der Waals surface area contributed by atoms with Crippen molar-refractivity contribution in [1.29, 1.82) is 0 Å². The van der Waals surface area contributed by atoms with E-state index in [-0.39, 0.29) is 23.2 Å². The molecule has 0 unspecified atom stereocenters. The highest BCUT2D eigenvalue weighted by molar-refractivity contribution is 8.13. The third-order valence-electron chi connectivity index (χ3n) is 5.29. The second-order valence-corrected chi connectivity index (χ2v) is 8.56. The summed E-state index contributed by atoms with van der Waals surface area (Å²) in [5.74, 6) is -4.41. The molecule has 190 valence electrons. The number of halogens is 3. The third kappa shape index (κ3) is 7.20. The number of methoxy groups -OCH3 is 1. The molecule has 0 aliphatic heterocycles. The highest BCUT2D eigenvalue weighted by Crippen LogP contribution is 2.27. The van der Waals surface area contributed by atoms with Crippen molar-refractivity contribution >= 4 is 45.4 Å². The van der Waals surface area contributed by atoms with E-state index in [2.05, 4.69) is 25.3 Å². The lowest BCUT2D eigenvalue weighted by molar-refractivity contribution is -0.140. The van der Waals surface area contributed by atoms with Gasteiger partial charge in [0.2, 0.25) is 0 Å². The number of nitrogens with one attached hydrogen (secondary N) is 2. The number of urea groups is 1. The Hall–Kier alpha value is -3.60. The topological polar surface area (TPSA) is 92.7 Å². The number of amides is 2. The van der Waals surface area contributed by atoms with E-state index in [1.165, 1.54) is 7.11 Å². The number of hydrogen-bond donors (Lipinski definition) is 2. The Balaban J connectivity index is 1.71. The van der Waals surface area contributed by atoms with Crippen molar-refractivity contribution in [1.82, 2.24) is 10.3 Å². The lowest BCUT2D eigenvalue weighted by atomic mass is 9.99. The number of ether oxygens (including phenoxy) is 1. The Bertz CT molecular complexity index is 1260. The van der Waals surface area contributed by atoms with Crippen LogP contribution in [0.2, 0.25) is 0 Å². The van der Waals surface area contributed by atoms with Crippen LogP contribution in [0.15, 0.2) is 47.7 Å². The molecule has 2 amide bonds. The first kappa shape index (κ1) is 27.0. The van der Waals surface area contributed by atoms with Crippen LogP contribution in [0.1, 0.15) is 30.4 Å². The molecule has 0 spiro atoms. The van der Waals surface area contributed by atoms with Gasteiger partial charge < -0.3 is 10.1 Å². The summed E-state index contributed by atoms with van der Waals surface area (Å²) in [6.45, 7) is -0.157. The van der Waals surface area contributed by atoms with Crippen molar-refractivity contribution in [2.75, 3.05) is 18.7 Å². The monoisotopic (exact) mass is 518 g/mol. The molecule has 7 nitrogen and oxygen atoms in total. The second-order valence-electron chi connectivity index (χ2n) is 7.76. The highest BCUT2D eigenvalue weighted by Gasteiger charge is 2.13. The summed E-state index contributed by atoms with van der Waals surface area (Å²) >= 11 is 1.13. The van der Waals surface area contributed by atoms with Gasteiger partial charge >= 0.3 is 12.0 Å². The number of amidine groups is 1. The van der Waals surface area contributed by atoms with Crippen LogP contribution in [-0.2, 0) is 22.5 Å². The van der Waals surface area contributed by atoms with Gasteiger partial charge in [0.25, 0.3) is 0 Å². The fraction of sp³-hybridized carbons (Fsp3) is 0.280. The van der Waals surface area contributed by atoms with Gasteiger partial charge in [-0.15, -0.1) is 0 Å². The van der Waals surface area contributed by atoms with Crippen LogP contribution in [0.4, 0.5) is 23.7 Å². The summed E-state index contributed by atoms with van der Waals surface area (Å²) in [6, 6.07) is 6.89. The van der Waals surface area contributed by atoms with Gasteiger partial charge in [0.15, 0.2) is 22.6 Å². The predicted octanol–water partition coefficient (Wildman–Crippen LogP) is 5.58. The fourth-order valence-electron chi connectivity index (χ4n) is 3.57. The molecule has 2 aromatic carbocycles. The van der Waals surface area contributed by atoms with Gasteiger partial charge in [0.1, 0.15) is 0 Å². The molecule has 1 heterocycles. The molecule has 0 saturated heterocycles. The van der Waals surface area contributed by atoms with E-state index in [4.69, 9.17) is 0 Å². The zero-order chi connectivity index (χ0) is 26.1. The van der Waals surface area contributed by atoms with E-state index in [9.17, 15) is 22.8 Å². The number of aryl methyl sites for hydroxylation is 1. The number of rotatable bonds is 8. The Morgan fingerprint density at radius 2 is 1.86 bits per heavy atom. The van der Waals surface area contributed by atoms with E-state index < -0.39 is 23.5 Å². The number of esters is 1. The number of carbonyl (C=O) groups is 2. The normalized spacial score (nSPS) is 11.4. The maximum atomic E-state index is 13.4. The lowest BCUT2D eigenvalue weighted by Gasteiger charge is -2.13. The number of fused-ring (bicyclic) bond motifs is 1. The molecule has 0 saturated carbocycles. The van der Waals surface area contributed by atoms with E-state index in [1.807, 2.05) is 18.2 Å². The smallest absolute Gasteiger partial charge is 0.325 e. The minimum atomic E-state index is -1.54. The summed E-state index contributed by atoms with van der Waals surface area (Å²) < 4.78 is 44.7. The molecule has 1 aromatic heterocycles. The van der Waals surface area contributed by atoms with Crippen LogP contribution in [0.3, 0.4) is 0 Å². The summed E-state index contributed by atoms with van der Waals surface area (Å²) in [4.78, 5) is 32.4. The van der Waals surface area contributed by atoms with Gasteiger partial charge in [0, 0.05) is 23.4 Å². The molecule has 0 aliphatic carbocycles. The Morgan fingerprint density at radius 3 is 2.56 bits per heavy atom. The number of benzene rings is 2. The predicted molar refractivity (Wildman–Crippen MR) is 134 cm³/mol. The fourth-order valence-corrected chi connectivity index (χ4v) is 3.96. The quantitative estimate of drug-likeness (QED) is 0.134. The van der Waals surface area contributed by atoms with Crippen molar-refractivity contribution in [3.05, 3.63) is 71.3 Å². The second kappa shape index (κ2) is 12.9. The van der Waals surface area contributed by atoms with E-state index in [1.54, 1.807) is 18.6 Å². The summed E-state index contributed by atoms with van der Waals surface area (Å²) in [7, 11) is 1.36. The zero-order valence-corrected chi connectivity index (χ0v) is 20.6. The molecule has 2 N–H and O–H groups in total. The maximum Gasteiger partial charge on any atom is 0.325 e. The van der Waals surface area contributed by atoms with Crippen molar-refractivity contribution in [2.24, 2.45) is 4.99 Å². The molecule has 11 heteroatoms. The van der Waals surface area contributed by atoms with E-state index in [0.29, 0.717) is 24.9 Å². The number of unbranched alkanes of at least 4 members (excludes halogenated alkanes) is 1. The van der Waals surface area contributed by atoms with Crippen LogP contribution in [0.25, 0.3) is 10.8 Å². The Morgan fingerprint density at radius 1 is 1.11 bits per heavy atom. The Labute approximate surface area is 210 Å². The SMILES string of the molecule is COC(=O)CCCCc1cccc2cncc(NC(=O)NC(=NCc3cc(F)c(F)c(F)c3)SC)c12. The number of carbonyl (C=O) groups excluding carboxylic acids is 2. The van der Waals surface area contributed by atoms with Crippen LogP contribution in [0, 0.1) is 17.5 Å². The maximum absolute atomic E-state index is 13.4. The molecule has 0 atom stereocenters. The van der Waals surface area contributed by atoms with Gasteiger partial charge in [-0.2, -0.15) is 0 Å². The van der Waals surface area contributed by atoms with Crippen molar-refractivity contribution in [3.63, 3.8) is 0 Å². The van der Waals surface area contributed by atoms with Gasteiger partial charge in [-0.3, -0.25) is 20.1 Å². The first-order valence-corrected chi connectivity index (χ1v) is 12.3. The van der Waals surface area contributed by atoms with Crippen LogP contribution in [0.5, 0.6) is 0 Å². The van der Waals surface area contributed by atoms with E-state index >= 15 is 0 Å². The average molecular weight is 519 g/mol. The number of aromatic nitrogens is 1. The van der Waals surface area contributed by atoms with Crippen LogP contribution < -0.4 is 10.6 Å². The standard InChI is InChI=1S/C25H25F3N4O3S/c1-35-21(33)9-4-3-6-16-7-5-8-17-13-29-14-20(22(16)17)31-24(34)32-25(36-2)30-12-15-10-18(26)23(28)19(27)11-15/h5,7-8,10-11,13-14H,3-4,6,9,12H2,1-2H3,(H2,30,31,32,34). The average Bonchev–Trinajstić information content (AvgIpc) is 2.87. The molecule has 0 bridgehead atoms. The highest BCUT2D eigenvalue weighted by atomic mass is 32.2. The van der Waals surface area contributed by atoms with Gasteiger partial charge in [-0.05, 0) is 48.8 Å². The van der Waals surface area contributed by atoms with Crippen molar-refractivity contribution in [2.45, 2.75) is 32.2 Å². The van der Waals surface area contributed by atoms with Crippen LogP contribution >= 0.6 is 11.8 Å². The Kier molecular flexibility index (Phi) is 9.69. The number of aliphatic imine (C=N–C) groups is 1. The van der Waals surface area contributed by atoms with Crippen molar-refractivity contribution in [3.8, 4) is 0 Å². The molecule has 0 fully saturated rings. The summed E-state index contributed by atoms with van der Waals surface area (Å²) in [6.07, 6.45) is 7.38. The molecule has 0 radical (unpaired) electrons. The number of pyridine rings is 1. The summed E-state index contributed by atoms with van der Waals surface area (Å²) in [5, 5.41) is 7.27. The van der Waals surface area contributed by atoms with Gasteiger partial charge in [-0.25, -0.2) is 18.0 Å². The third-order valence-corrected chi connectivity index (χ3v) is 5.90. The number of anilines is 1. The molecular weight excluding hydrogens is 493 g/mol. The van der Waals surface area contributed by atoms with Crippen molar-refractivity contribution < 1.29 is 27.5 Å². The number of thioether (sulfide) groups is 1. The van der Waals surface area contributed by atoms with E-state index in [0.717, 1.165) is 46.7 Å². The molecule has 36 heavy (non-hydrogen) atoms. The molecule has 3 aromatic rings. The minimum Gasteiger partial charge on any atom is -0.469 e. The largest absolute Gasteiger partial charge is 0.469 e. The molecule has 0 aliphatic rings. The number of hydrogen-bond acceptors (Lipinski definition) is 6. The lowest BCUT2D eigenvalue weighted by Crippen LogP contribution is -2.32. The van der Waals surface area contributed by atoms with Gasteiger partial charge in [-0.1, -0.05) is 30.0 Å². The zero-order valence-electron chi connectivity index (χ0n) is 19.7. The number of nitrogens with zero attached hydrogens (tertiary/aromatic N) is 2. The first-order chi connectivity index (χ1) is 17.3. The summed E-state index contributed by atoms with van der Waals surface area (Å²) in [5.41, 5.74) is 1.61. The van der Waals surface area contributed by atoms with Gasteiger partial charge in [0.05, 0.1) is 25.5 Å². The first-order valence-electron chi connectivity index (χ1n) is 11.0. The molecule has 3 rings (SSSR count). The molecular formula is C25H25F3N4O3S. The van der Waals surface area contributed by atoms with Crippen LogP contribution in [-0.4, -0.2) is 35.5 Å². The minimum absolute atomic E-state index is 0.121.